The molecule has 2 heterocycles. The molecule has 0 saturated carbocycles. The molecule has 0 fully saturated rings. The Bertz CT molecular complexity index is 1160. The number of alkyl halides is 3. The molecule has 0 bridgehead atoms. The molecule has 1 atom stereocenters. The second-order valence-electron chi connectivity index (χ2n) is 6.88. The molecule has 166 valence electrons. The fourth-order valence-corrected chi connectivity index (χ4v) is 3.40. The first-order valence-electron chi connectivity index (χ1n) is 9.42. The summed E-state index contributed by atoms with van der Waals surface area (Å²) in [7, 11) is 1.52. The van der Waals surface area contributed by atoms with Crippen LogP contribution in [0.5, 0.6) is 11.5 Å². The summed E-state index contributed by atoms with van der Waals surface area (Å²) >= 11 is 0. The zero-order valence-electron chi connectivity index (χ0n) is 16.6. The van der Waals surface area contributed by atoms with Gasteiger partial charge < -0.3 is 20.1 Å². The Morgan fingerprint density at radius 1 is 1.16 bits per heavy atom. The van der Waals surface area contributed by atoms with E-state index in [1.54, 1.807) is 18.2 Å². The normalized spacial score (nSPS) is 15.5. The molecule has 3 aromatic rings. The average molecular weight is 446 g/mol. The van der Waals surface area contributed by atoms with Crippen molar-refractivity contribution in [3.05, 3.63) is 54.7 Å². The largest absolute Gasteiger partial charge is 0.573 e. The fraction of sp³-hybridized carbons (Fsp3) is 0.190. The summed E-state index contributed by atoms with van der Waals surface area (Å²) in [6.45, 7) is 0. The summed E-state index contributed by atoms with van der Waals surface area (Å²) in [6.07, 6.45) is -3.43. The summed E-state index contributed by atoms with van der Waals surface area (Å²) in [5.74, 6) is -0.406. The Hall–Kier alpha value is -4.02. The van der Waals surface area contributed by atoms with Gasteiger partial charge in [-0.15, -0.1) is 13.2 Å². The van der Waals surface area contributed by atoms with Gasteiger partial charge in [0.15, 0.2) is 0 Å². The molecule has 2 N–H and O–H groups in total. The number of nitrogens with zero attached hydrogens (tertiary/aromatic N) is 2. The monoisotopic (exact) mass is 446 g/mol. The molecule has 1 aromatic heterocycles. The predicted octanol–water partition coefficient (Wildman–Crippen LogP) is 3.98. The maximum atomic E-state index is 12.9. The van der Waals surface area contributed by atoms with Gasteiger partial charge in [-0.05, 0) is 30.3 Å². The van der Waals surface area contributed by atoms with Crippen molar-refractivity contribution >= 4 is 23.3 Å². The molecule has 0 radical (unpaired) electrons. The van der Waals surface area contributed by atoms with Gasteiger partial charge in [-0.1, -0.05) is 18.2 Å². The van der Waals surface area contributed by atoms with Crippen LogP contribution in [0.15, 0.2) is 54.7 Å². The minimum absolute atomic E-state index is 0.152. The van der Waals surface area contributed by atoms with Gasteiger partial charge in [0, 0.05) is 16.8 Å². The van der Waals surface area contributed by atoms with Crippen LogP contribution in [-0.4, -0.2) is 35.1 Å². The Morgan fingerprint density at radius 3 is 2.56 bits per heavy atom. The van der Waals surface area contributed by atoms with E-state index in [4.69, 9.17) is 4.74 Å². The summed E-state index contributed by atoms with van der Waals surface area (Å²) in [5.41, 5.74) is 1.52. The molecule has 0 spiro atoms. The number of hydrogen-bond donors (Lipinski definition) is 2. The molecule has 11 heteroatoms. The van der Waals surface area contributed by atoms with Crippen LogP contribution >= 0.6 is 0 Å². The van der Waals surface area contributed by atoms with Crippen molar-refractivity contribution in [1.82, 2.24) is 9.78 Å². The maximum absolute atomic E-state index is 12.9. The zero-order chi connectivity index (χ0) is 22.9. The minimum atomic E-state index is -4.81. The number of nitrogens with one attached hydrogen (secondary N) is 2. The lowest BCUT2D eigenvalue weighted by molar-refractivity contribution is -0.274. The van der Waals surface area contributed by atoms with Crippen LogP contribution in [-0.2, 0) is 9.59 Å². The van der Waals surface area contributed by atoms with E-state index >= 15 is 0 Å². The van der Waals surface area contributed by atoms with Crippen LogP contribution in [0.2, 0.25) is 0 Å². The number of rotatable bonds is 5. The standard InChI is InChI=1S/C21H17F3N4O4/c1-31-17-5-3-2-4-14(17)15-11-25-28-16(10-18(29)27-19(15)28)20(30)26-12-6-8-13(9-7-12)32-21(22,23)24/h2-9,11,16H,10H2,1H3,(H,26,30)(H,27,29)/t16-/m1/s1. The van der Waals surface area contributed by atoms with Crippen LogP contribution in [0.25, 0.3) is 11.1 Å². The number of para-hydroxylation sites is 1. The maximum Gasteiger partial charge on any atom is 0.573 e. The number of methoxy groups -OCH3 is 1. The number of ether oxygens (including phenoxy) is 2. The van der Waals surface area contributed by atoms with Crippen LogP contribution in [0.4, 0.5) is 24.7 Å². The number of fused-ring (bicyclic) bond motifs is 1. The van der Waals surface area contributed by atoms with Crippen molar-refractivity contribution in [1.29, 1.82) is 0 Å². The van der Waals surface area contributed by atoms with Crippen molar-refractivity contribution < 1.29 is 32.2 Å². The van der Waals surface area contributed by atoms with Crippen LogP contribution in [0, 0.1) is 0 Å². The summed E-state index contributed by atoms with van der Waals surface area (Å²) < 4.78 is 47.5. The second kappa shape index (κ2) is 8.25. The highest BCUT2D eigenvalue weighted by atomic mass is 19.4. The smallest absolute Gasteiger partial charge is 0.496 e. The highest BCUT2D eigenvalue weighted by molar-refractivity contribution is 6.03. The molecule has 0 saturated heterocycles. The molecule has 2 amide bonds. The molecule has 0 aliphatic carbocycles. The van der Waals surface area contributed by atoms with E-state index in [0.29, 0.717) is 22.7 Å². The average Bonchev–Trinajstić information content (AvgIpc) is 3.17. The number of hydrogen-bond acceptors (Lipinski definition) is 5. The number of amides is 2. The molecule has 8 nitrogen and oxygen atoms in total. The Labute approximate surface area is 179 Å². The van der Waals surface area contributed by atoms with E-state index < -0.39 is 24.1 Å². The molecule has 0 unspecified atom stereocenters. The van der Waals surface area contributed by atoms with Gasteiger partial charge in [0.2, 0.25) is 11.8 Å². The van der Waals surface area contributed by atoms with E-state index in [0.717, 1.165) is 12.1 Å². The topological polar surface area (TPSA) is 94.5 Å². The quantitative estimate of drug-likeness (QED) is 0.618. The first-order valence-corrected chi connectivity index (χ1v) is 9.42. The molecule has 1 aliphatic heterocycles. The van der Waals surface area contributed by atoms with Crippen molar-refractivity contribution in [3.8, 4) is 22.6 Å². The van der Waals surface area contributed by atoms with E-state index in [9.17, 15) is 22.8 Å². The Morgan fingerprint density at radius 2 is 1.88 bits per heavy atom. The first-order chi connectivity index (χ1) is 15.2. The molecule has 2 aromatic carbocycles. The van der Waals surface area contributed by atoms with Crippen molar-refractivity contribution in [2.75, 3.05) is 17.7 Å². The number of halogens is 3. The van der Waals surface area contributed by atoms with Gasteiger partial charge in [-0.2, -0.15) is 5.10 Å². The fourth-order valence-electron chi connectivity index (χ4n) is 3.40. The minimum Gasteiger partial charge on any atom is -0.496 e. The zero-order valence-corrected chi connectivity index (χ0v) is 16.6. The lowest BCUT2D eigenvalue weighted by atomic mass is 10.1. The second-order valence-corrected chi connectivity index (χ2v) is 6.88. The van der Waals surface area contributed by atoms with Gasteiger partial charge >= 0.3 is 6.36 Å². The van der Waals surface area contributed by atoms with Gasteiger partial charge in [0.05, 0.1) is 19.7 Å². The first kappa shape index (κ1) is 21.2. The van der Waals surface area contributed by atoms with Crippen LogP contribution in [0.3, 0.4) is 0 Å². The lowest BCUT2D eigenvalue weighted by Gasteiger charge is -2.24. The van der Waals surface area contributed by atoms with E-state index in [2.05, 4.69) is 20.5 Å². The van der Waals surface area contributed by atoms with Crippen molar-refractivity contribution in [3.63, 3.8) is 0 Å². The third-order valence-corrected chi connectivity index (χ3v) is 4.78. The third kappa shape index (κ3) is 4.36. The van der Waals surface area contributed by atoms with Gasteiger partial charge in [0.1, 0.15) is 23.4 Å². The number of benzene rings is 2. The van der Waals surface area contributed by atoms with Gasteiger partial charge in [-0.3, -0.25) is 9.59 Å². The number of carbonyl (C=O) groups excluding carboxylic acids is 2. The van der Waals surface area contributed by atoms with Crippen molar-refractivity contribution in [2.45, 2.75) is 18.8 Å². The number of anilines is 2. The predicted molar refractivity (Wildman–Crippen MR) is 108 cm³/mol. The Balaban J connectivity index is 1.58. The lowest BCUT2D eigenvalue weighted by Crippen LogP contribution is -2.35. The highest BCUT2D eigenvalue weighted by Gasteiger charge is 2.34. The molecular formula is C21H17F3N4O4. The van der Waals surface area contributed by atoms with Gasteiger partial charge in [-0.25, -0.2) is 4.68 Å². The van der Waals surface area contributed by atoms with Crippen LogP contribution < -0.4 is 20.1 Å². The van der Waals surface area contributed by atoms with E-state index in [-0.39, 0.29) is 18.0 Å². The SMILES string of the molecule is COc1ccccc1-c1cnn2c1NC(=O)C[C@@H]2C(=O)Nc1ccc(OC(F)(F)F)cc1. The summed E-state index contributed by atoms with van der Waals surface area (Å²) in [4.78, 5) is 25.2. The van der Waals surface area contributed by atoms with Crippen LogP contribution in [0.1, 0.15) is 12.5 Å². The molecule has 32 heavy (non-hydrogen) atoms. The third-order valence-electron chi connectivity index (χ3n) is 4.78. The number of aromatic nitrogens is 2. The Kier molecular flexibility index (Phi) is 5.47. The highest BCUT2D eigenvalue weighted by Crippen LogP contribution is 2.38. The summed E-state index contributed by atoms with van der Waals surface area (Å²) in [6, 6.07) is 10.9. The molecule has 4 rings (SSSR count). The van der Waals surface area contributed by atoms with Crippen molar-refractivity contribution in [2.24, 2.45) is 0 Å². The molecule has 1 aliphatic rings. The molecular weight excluding hydrogens is 429 g/mol. The van der Waals surface area contributed by atoms with Gasteiger partial charge in [0.25, 0.3) is 0 Å². The number of carbonyl (C=O) groups is 2. The van der Waals surface area contributed by atoms with E-state index in [1.165, 1.54) is 30.1 Å². The summed E-state index contributed by atoms with van der Waals surface area (Å²) in [5, 5.41) is 9.61. The van der Waals surface area contributed by atoms with E-state index in [1.807, 2.05) is 6.07 Å².